The fourth-order valence-electron chi connectivity index (χ4n) is 2.93. The molecule has 3 rings (SSSR count). The Balaban J connectivity index is 1.77. The fraction of sp³-hybridized carbons (Fsp3) is 0.444. The first kappa shape index (κ1) is 16.4. The van der Waals surface area contributed by atoms with Crippen LogP contribution in [0.1, 0.15) is 25.7 Å². The van der Waals surface area contributed by atoms with E-state index in [9.17, 15) is 0 Å². The molecular weight excluding hydrogens is 304 g/mol. The van der Waals surface area contributed by atoms with Gasteiger partial charge in [-0.05, 0) is 31.0 Å². The monoisotopic (exact) mass is 328 g/mol. The molecule has 0 saturated carbocycles. The second kappa shape index (κ2) is 7.86. The minimum atomic E-state index is 0.587. The SMILES string of the molecule is COc1ccc(Nc2nccc(N3CCCCCC3)n2)cc1OC. The van der Waals surface area contributed by atoms with E-state index in [0.29, 0.717) is 17.4 Å². The number of aromatic nitrogens is 2. The summed E-state index contributed by atoms with van der Waals surface area (Å²) < 4.78 is 10.6. The largest absolute Gasteiger partial charge is 0.493 e. The van der Waals surface area contributed by atoms with Gasteiger partial charge in [0.2, 0.25) is 5.95 Å². The van der Waals surface area contributed by atoms with Crippen molar-refractivity contribution in [3.05, 3.63) is 30.5 Å². The van der Waals surface area contributed by atoms with E-state index >= 15 is 0 Å². The molecule has 0 spiro atoms. The molecule has 0 bridgehead atoms. The Morgan fingerprint density at radius 1 is 0.958 bits per heavy atom. The van der Waals surface area contributed by atoms with Gasteiger partial charge in [-0.15, -0.1) is 0 Å². The predicted molar refractivity (Wildman–Crippen MR) is 95.5 cm³/mol. The molecule has 2 heterocycles. The number of benzene rings is 1. The zero-order valence-corrected chi connectivity index (χ0v) is 14.3. The van der Waals surface area contributed by atoms with Crippen LogP contribution in [0.15, 0.2) is 30.5 Å². The third kappa shape index (κ3) is 3.88. The maximum Gasteiger partial charge on any atom is 0.229 e. The molecule has 2 aromatic rings. The molecule has 0 amide bonds. The van der Waals surface area contributed by atoms with Gasteiger partial charge in [0.15, 0.2) is 11.5 Å². The first-order chi connectivity index (χ1) is 11.8. The van der Waals surface area contributed by atoms with Crippen LogP contribution in [0.4, 0.5) is 17.5 Å². The second-order valence-corrected chi connectivity index (χ2v) is 5.83. The van der Waals surface area contributed by atoms with Crippen LogP contribution in [-0.4, -0.2) is 37.3 Å². The standard InChI is InChI=1S/C18H24N4O2/c1-23-15-8-7-14(13-16(15)24-2)20-18-19-10-9-17(21-18)22-11-5-3-4-6-12-22/h7-10,13H,3-6,11-12H2,1-2H3,(H,19,20,21). The number of ether oxygens (including phenoxy) is 2. The number of rotatable bonds is 5. The molecule has 1 aliphatic heterocycles. The number of methoxy groups -OCH3 is 2. The molecule has 6 nitrogen and oxygen atoms in total. The molecule has 6 heteroatoms. The van der Waals surface area contributed by atoms with Crippen molar-refractivity contribution in [1.82, 2.24) is 9.97 Å². The minimum absolute atomic E-state index is 0.587. The normalized spacial score (nSPS) is 14.8. The Morgan fingerprint density at radius 2 is 1.71 bits per heavy atom. The summed E-state index contributed by atoms with van der Waals surface area (Å²) in [7, 11) is 3.25. The summed E-state index contributed by atoms with van der Waals surface area (Å²) in [4.78, 5) is 11.3. The van der Waals surface area contributed by atoms with Crippen LogP contribution in [0.2, 0.25) is 0 Å². The van der Waals surface area contributed by atoms with E-state index in [-0.39, 0.29) is 0 Å². The summed E-state index contributed by atoms with van der Waals surface area (Å²) in [6, 6.07) is 7.63. The van der Waals surface area contributed by atoms with Gasteiger partial charge in [-0.25, -0.2) is 4.98 Å². The molecule has 1 aliphatic rings. The summed E-state index contributed by atoms with van der Waals surface area (Å²) >= 11 is 0. The molecule has 0 unspecified atom stereocenters. The van der Waals surface area contributed by atoms with Gasteiger partial charge in [0, 0.05) is 31.0 Å². The average molecular weight is 328 g/mol. The van der Waals surface area contributed by atoms with Crippen molar-refractivity contribution in [1.29, 1.82) is 0 Å². The highest BCUT2D eigenvalue weighted by molar-refractivity contribution is 5.60. The van der Waals surface area contributed by atoms with E-state index in [0.717, 1.165) is 24.6 Å². The highest BCUT2D eigenvalue weighted by atomic mass is 16.5. The summed E-state index contributed by atoms with van der Waals surface area (Å²) in [6.07, 6.45) is 6.86. The van der Waals surface area contributed by atoms with E-state index in [1.54, 1.807) is 20.4 Å². The quantitative estimate of drug-likeness (QED) is 0.904. The Morgan fingerprint density at radius 3 is 2.42 bits per heavy atom. The molecule has 1 aromatic carbocycles. The predicted octanol–water partition coefficient (Wildman–Crippen LogP) is 3.62. The molecule has 0 radical (unpaired) electrons. The van der Waals surface area contributed by atoms with Crippen molar-refractivity contribution in [2.75, 3.05) is 37.5 Å². The lowest BCUT2D eigenvalue weighted by atomic mass is 10.2. The van der Waals surface area contributed by atoms with Crippen LogP contribution in [0.3, 0.4) is 0 Å². The summed E-state index contributed by atoms with van der Waals surface area (Å²) in [5, 5.41) is 3.24. The smallest absolute Gasteiger partial charge is 0.229 e. The van der Waals surface area contributed by atoms with Crippen LogP contribution in [0, 0.1) is 0 Å². The molecule has 1 saturated heterocycles. The summed E-state index contributed by atoms with van der Waals surface area (Å²) in [5.41, 5.74) is 0.862. The molecule has 24 heavy (non-hydrogen) atoms. The number of anilines is 3. The van der Waals surface area contributed by atoms with E-state index in [2.05, 4.69) is 20.2 Å². The van der Waals surface area contributed by atoms with E-state index in [4.69, 9.17) is 9.47 Å². The number of hydrogen-bond acceptors (Lipinski definition) is 6. The highest BCUT2D eigenvalue weighted by Gasteiger charge is 2.12. The van der Waals surface area contributed by atoms with E-state index in [1.807, 2.05) is 24.3 Å². The molecule has 1 fully saturated rings. The average Bonchev–Trinajstić information content (AvgIpc) is 2.91. The third-order valence-corrected chi connectivity index (χ3v) is 4.21. The van der Waals surface area contributed by atoms with Gasteiger partial charge in [-0.3, -0.25) is 0 Å². The first-order valence-electron chi connectivity index (χ1n) is 8.37. The Kier molecular flexibility index (Phi) is 5.36. The van der Waals surface area contributed by atoms with Gasteiger partial charge in [-0.2, -0.15) is 4.98 Å². The van der Waals surface area contributed by atoms with Crippen LogP contribution < -0.4 is 19.7 Å². The Bertz CT molecular complexity index is 670. The second-order valence-electron chi connectivity index (χ2n) is 5.83. The van der Waals surface area contributed by atoms with Gasteiger partial charge in [0.25, 0.3) is 0 Å². The molecule has 128 valence electrons. The van der Waals surface area contributed by atoms with Crippen molar-refractivity contribution in [2.24, 2.45) is 0 Å². The fourth-order valence-corrected chi connectivity index (χ4v) is 2.93. The topological polar surface area (TPSA) is 59.5 Å². The summed E-state index contributed by atoms with van der Waals surface area (Å²) in [5.74, 6) is 2.94. The van der Waals surface area contributed by atoms with Crippen LogP contribution in [0.25, 0.3) is 0 Å². The molecule has 0 atom stereocenters. The van der Waals surface area contributed by atoms with Gasteiger partial charge in [0.1, 0.15) is 5.82 Å². The highest BCUT2D eigenvalue weighted by Crippen LogP contribution is 2.30. The maximum atomic E-state index is 5.33. The zero-order valence-electron chi connectivity index (χ0n) is 14.3. The number of hydrogen-bond donors (Lipinski definition) is 1. The van der Waals surface area contributed by atoms with Crippen molar-refractivity contribution >= 4 is 17.5 Å². The first-order valence-corrected chi connectivity index (χ1v) is 8.37. The van der Waals surface area contributed by atoms with Gasteiger partial charge >= 0.3 is 0 Å². The van der Waals surface area contributed by atoms with Crippen LogP contribution in [0.5, 0.6) is 11.5 Å². The van der Waals surface area contributed by atoms with Gasteiger partial charge in [-0.1, -0.05) is 12.8 Å². The molecule has 1 N–H and O–H groups in total. The Labute approximate surface area is 142 Å². The lowest BCUT2D eigenvalue weighted by molar-refractivity contribution is 0.355. The lowest BCUT2D eigenvalue weighted by Gasteiger charge is -2.21. The van der Waals surface area contributed by atoms with Crippen molar-refractivity contribution in [3.63, 3.8) is 0 Å². The zero-order chi connectivity index (χ0) is 16.8. The molecule has 0 aliphatic carbocycles. The third-order valence-electron chi connectivity index (χ3n) is 4.21. The van der Waals surface area contributed by atoms with E-state index in [1.165, 1.54) is 25.7 Å². The van der Waals surface area contributed by atoms with Crippen LogP contribution in [-0.2, 0) is 0 Å². The van der Waals surface area contributed by atoms with Crippen molar-refractivity contribution < 1.29 is 9.47 Å². The summed E-state index contributed by atoms with van der Waals surface area (Å²) in [6.45, 7) is 2.12. The van der Waals surface area contributed by atoms with Crippen LogP contribution >= 0.6 is 0 Å². The molecule has 1 aromatic heterocycles. The van der Waals surface area contributed by atoms with E-state index < -0.39 is 0 Å². The van der Waals surface area contributed by atoms with Crippen molar-refractivity contribution in [3.8, 4) is 11.5 Å². The van der Waals surface area contributed by atoms with Crippen molar-refractivity contribution in [2.45, 2.75) is 25.7 Å². The maximum absolute atomic E-state index is 5.33. The molecular formula is C18H24N4O2. The minimum Gasteiger partial charge on any atom is -0.493 e. The Hall–Kier alpha value is -2.50. The number of nitrogens with one attached hydrogen (secondary N) is 1. The number of nitrogens with zero attached hydrogens (tertiary/aromatic N) is 3. The lowest BCUT2D eigenvalue weighted by Crippen LogP contribution is -2.25. The van der Waals surface area contributed by atoms with Gasteiger partial charge in [0.05, 0.1) is 14.2 Å². The van der Waals surface area contributed by atoms with Gasteiger partial charge < -0.3 is 19.7 Å².